The van der Waals surface area contributed by atoms with Crippen LogP contribution in [0.1, 0.15) is 24.8 Å². The summed E-state index contributed by atoms with van der Waals surface area (Å²) in [4.78, 5) is 10.6. The van der Waals surface area contributed by atoms with Crippen molar-refractivity contribution in [3.8, 4) is 5.75 Å². The highest BCUT2D eigenvalue weighted by molar-refractivity contribution is 9.10. The molecule has 0 heterocycles. The largest absolute Gasteiger partial charge is 0.508 e. The lowest BCUT2D eigenvalue weighted by atomic mass is 9.92. The van der Waals surface area contributed by atoms with Gasteiger partial charge in [0.15, 0.2) is 0 Å². The highest BCUT2D eigenvalue weighted by Gasteiger charge is 2.14. The molecule has 0 saturated heterocycles. The fourth-order valence-corrected chi connectivity index (χ4v) is 2.47. The fraction of sp³-hybridized carbons (Fsp3) is 0.214. The second kappa shape index (κ2) is 4.88. The monoisotopic (exact) mass is 292 g/mol. The topological polar surface area (TPSA) is 37.3 Å². The van der Waals surface area contributed by atoms with Gasteiger partial charge < -0.3 is 9.90 Å². The van der Waals surface area contributed by atoms with Crippen LogP contribution in [-0.2, 0) is 4.79 Å². The molecule has 2 aromatic carbocycles. The summed E-state index contributed by atoms with van der Waals surface area (Å²) in [6, 6.07) is 9.48. The number of benzene rings is 2. The van der Waals surface area contributed by atoms with Crippen molar-refractivity contribution in [2.75, 3.05) is 0 Å². The molecule has 0 amide bonds. The van der Waals surface area contributed by atoms with Gasteiger partial charge in [0.05, 0.1) is 0 Å². The number of carbonyl (C=O) groups excluding carboxylic acids is 1. The van der Waals surface area contributed by atoms with E-state index < -0.39 is 0 Å². The maximum atomic E-state index is 10.6. The highest BCUT2D eigenvalue weighted by Crippen LogP contribution is 2.35. The Kier molecular flexibility index (Phi) is 3.48. The van der Waals surface area contributed by atoms with Crippen LogP contribution in [0.3, 0.4) is 0 Å². The van der Waals surface area contributed by atoms with E-state index in [1.165, 1.54) is 0 Å². The summed E-state index contributed by atoms with van der Waals surface area (Å²) in [6.45, 7) is 1.95. The molecule has 0 aliphatic carbocycles. The van der Waals surface area contributed by atoms with E-state index in [1.807, 2.05) is 31.2 Å². The zero-order valence-electron chi connectivity index (χ0n) is 9.48. The zero-order valence-corrected chi connectivity index (χ0v) is 11.1. The van der Waals surface area contributed by atoms with Gasteiger partial charge in [-0.3, -0.25) is 0 Å². The number of halogens is 1. The molecule has 17 heavy (non-hydrogen) atoms. The molecule has 1 atom stereocenters. The molecule has 0 bridgehead atoms. The highest BCUT2D eigenvalue weighted by atomic mass is 79.9. The second-order valence-electron chi connectivity index (χ2n) is 4.17. The molecular weight excluding hydrogens is 280 g/mol. The first-order chi connectivity index (χ1) is 8.13. The SMILES string of the molecule is CC(CC=O)c1c(O)ccc2cc(Br)ccc12. The van der Waals surface area contributed by atoms with Crippen LogP contribution in [0.4, 0.5) is 0 Å². The Morgan fingerprint density at radius 1 is 1.35 bits per heavy atom. The third-order valence-corrected chi connectivity index (χ3v) is 3.44. The van der Waals surface area contributed by atoms with Crippen LogP contribution in [0.15, 0.2) is 34.8 Å². The minimum absolute atomic E-state index is 0.0253. The van der Waals surface area contributed by atoms with Gasteiger partial charge in [-0.15, -0.1) is 0 Å². The van der Waals surface area contributed by atoms with E-state index in [0.717, 1.165) is 27.1 Å². The van der Waals surface area contributed by atoms with Gasteiger partial charge in [-0.2, -0.15) is 0 Å². The lowest BCUT2D eigenvalue weighted by Crippen LogP contribution is -1.96. The average molecular weight is 293 g/mol. The number of rotatable bonds is 3. The van der Waals surface area contributed by atoms with E-state index in [1.54, 1.807) is 6.07 Å². The van der Waals surface area contributed by atoms with Crippen LogP contribution in [0.2, 0.25) is 0 Å². The average Bonchev–Trinajstić information content (AvgIpc) is 2.29. The molecule has 0 aliphatic rings. The van der Waals surface area contributed by atoms with Crippen LogP contribution >= 0.6 is 15.9 Å². The Bertz CT molecular complexity index is 563. The summed E-state index contributed by atoms with van der Waals surface area (Å²) in [5.74, 6) is 0.284. The minimum Gasteiger partial charge on any atom is -0.508 e. The lowest BCUT2D eigenvalue weighted by molar-refractivity contribution is -0.108. The van der Waals surface area contributed by atoms with E-state index in [2.05, 4.69) is 15.9 Å². The Morgan fingerprint density at radius 3 is 2.82 bits per heavy atom. The van der Waals surface area contributed by atoms with E-state index in [-0.39, 0.29) is 11.7 Å². The Hall–Kier alpha value is -1.35. The summed E-state index contributed by atoms with van der Waals surface area (Å²) >= 11 is 3.42. The number of hydrogen-bond donors (Lipinski definition) is 1. The molecule has 2 rings (SSSR count). The van der Waals surface area contributed by atoms with Gasteiger partial charge in [-0.25, -0.2) is 0 Å². The predicted molar refractivity (Wildman–Crippen MR) is 72.4 cm³/mol. The van der Waals surface area contributed by atoms with Crippen LogP contribution in [0, 0.1) is 0 Å². The van der Waals surface area contributed by atoms with Crippen LogP contribution in [0.25, 0.3) is 10.8 Å². The Labute approximate surface area is 108 Å². The molecule has 1 N–H and O–H groups in total. The van der Waals surface area contributed by atoms with Gasteiger partial charge in [0, 0.05) is 16.5 Å². The number of phenolic OH excluding ortho intramolecular Hbond substituents is 1. The molecule has 2 aromatic rings. The van der Waals surface area contributed by atoms with Gasteiger partial charge in [0.1, 0.15) is 12.0 Å². The Balaban J connectivity index is 2.67. The predicted octanol–water partition coefficient (Wildman–Crippen LogP) is 4.00. The number of aldehydes is 1. The van der Waals surface area contributed by atoms with E-state index in [9.17, 15) is 9.90 Å². The molecule has 0 radical (unpaired) electrons. The molecule has 0 aliphatic heterocycles. The molecule has 1 unspecified atom stereocenters. The van der Waals surface area contributed by atoms with Crippen molar-refractivity contribution in [1.82, 2.24) is 0 Å². The maximum Gasteiger partial charge on any atom is 0.120 e. The van der Waals surface area contributed by atoms with E-state index in [4.69, 9.17) is 0 Å². The van der Waals surface area contributed by atoms with Crippen LogP contribution in [-0.4, -0.2) is 11.4 Å². The second-order valence-corrected chi connectivity index (χ2v) is 5.08. The summed E-state index contributed by atoms with van der Waals surface area (Å²) in [5, 5.41) is 12.0. The number of fused-ring (bicyclic) bond motifs is 1. The summed E-state index contributed by atoms with van der Waals surface area (Å²) in [7, 11) is 0. The van der Waals surface area contributed by atoms with Crippen LogP contribution in [0.5, 0.6) is 5.75 Å². The lowest BCUT2D eigenvalue weighted by Gasteiger charge is -2.14. The van der Waals surface area contributed by atoms with Crippen molar-refractivity contribution in [3.05, 3.63) is 40.4 Å². The maximum absolute atomic E-state index is 10.6. The smallest absolute Gasteiger partial charge is 0.120 e. The molecule has 0 aromatic heterocycles. The third-order valence-electron chi connectivity index (χ3n) is 2.94. The quantitative estimate of drug-likeness (QED) is 0.868. The first-order valence-electron chi connectivity index (χ1n) is 5.48. The van der Waals surface area contributed by atoms with Crippen molar-refractivity contribution < 1.29 is 9.90 Å². The van der Waals surface area contributed by atoms with Crippen molar-refractivity contribution in [1.29, 1.82) is 0 Å². The first-order valence-corrected chi connectivity index (χ1v) is 6.27. The number of hydrogen-bond acceptors (Lipinski definition) is 2. The van der Waals surface area contributed by atoms with Crippen molar-refractivity contribution in [3.63, 3.8) is 0 Å². The number of carbonyl (C=O) groups is 1. The standard InChI is InChI=1S/C14H13BrO2/c1-9(6-7-16)14-12-4-3-11(15)8-10(12)2-5-13(14)17/h2-5,7-9,17H,6H2,1H3. The van der Waals surface area contributed by atoms with E-state index in [0.29, 0.717) is 6.42 Å². The third kappa shape index (κ3) is 2.34. The van der Waals surface area contributed by atoms with Gasteiger partial charge in [0.25, 0.3) is 0 Å². The van der Waals surface area contributed by atoms with Crippen LogP contribution < -0.4 is 0 Å². The summed E-state index contributed by atoms with van der Waals surface area (Å²) < 4.78 is 1.00. The molecule has 2 nitrogen and oxygen atoms in total. The van der Waals surface area contributed by atoms with Gasteiger partial charge in [-0.1, -0.05) is 35.0 Å². The normalized spacial score (nSPS) is 12.6. The molecule has 3 heteroatoms. The summed E-state index contributed by atoms with van der Waals surface area (Å²) in [6.07, 6.45) is 1.31. The van der Waals surface area contributed by atoms with Crippen molar-refractivity contribution in [2.24, 2.45) is 0 Å². The molecule has 0 spiro atoms. The van der Waals surface area contributed by atoms with Crippen molar-refractivity contribution >= 4 is 33.0 Å². The van der Waals surface area contributed by atoms with Crippen molar-refractivity contribution in [2.45, 2.75) is 19.3 Å². The van der Waals surface area contributed by atoms with Gasteiger partial charge in [-0.05, 0) is 34.9 Å². The minimum atomic E-state index is 0.0253. The van der Waals surface area contributed by atoms with E-state index >= 15 is 0 Å². The molecular formula is C14H13BrO2. The molecule has 0 saturated carbocycles. The zero-order chi connectivity index (χ0) is 12.4. The molecule has 0 fully saturated rings. The van der Waals surface area contributed by atoms with Gasteiger partial charge in [0.2, 0.25) is 0 Å². The Morgan fingerprint density at radius 2 is 2.12 bits per heavy atom. The first kappa shape index (κ1) is 12.1. The fourth-order valence-electron chi connectivity index (χ4n) is 2.09. The number of phenols is 1. The number of aromatic hydroxyl groups is 1. The summed E-state index contributed by atoms with van der Waals surface area (Å²) in [5.41, 5.74) is 0.849. The molecule has 88 valence electrons. The van der Waals surface area contributed by atoms with Gasteiger partial charge >= 0.3 is 0 Å².